The lowest BCUT2D eigenvalue weighted by molar-refractivity contribution is 0.112. The number of rotatable bonds is 6. The highest BCUT2D eigenvalue weighted by Crippen LogP contribution is 2.06. The number of aliphatic hydroxyl groups excluding tert-OH is 1. The average Bonchev–Trinajstić information content (AvgIpc) is 2.29. The second-order valence-electron chi connectivity index (χ2n) is 3.14. The van der Waals surface area contributed by atoms with Crippen LogP contribution in [0.2, 0.25) is 0 Å². The molecule has 1 N–H and O–H groups in total. The second kappa shape index (κ2) is 6.08. The summed E-state index contributed by atoms with van der Waals surface area (Å²) in [6.07, 6.45) is 4.63. The largest absolute Gasteiger partial charge is 0.395 e. The molecule has 0 radical (unpaired) electrons. The van der Waals surface area contributed by atoms with E-state index in [0.717, 1.165) is 13.0 Å². The highest BCUT2D eigenvalue weighted by molar-refractivity contribution is 5.73. The van der Waals surface area contributed by atoms with Crippen molar-refractivity contribution in [2.24, 2.45) is 0 Å². The molecule has 0 bridgehead atoms. The Labute approximate surface area is 88.8 Å². The van der Waals surface area contributed by atoms with Crippen LogP contribution in [0, 0.1) is 0 Å². The SMILES string of the molecule is CCCN(CCO)c1ncc(C=O)cn1. The number of carbonyl (C=O) groups is 1. The Morgan fingerprint density at radius 2 is 2.07 bits per heavy atom. The van der Waals surface area contributed by atoms with Gasteiger partial charge in [0.2, 0.25) is 5.95 Å². The van der Waals surface area contributed by atoms with Crippen LogP contribution in [0.5, 0.6) is 0 Å². The van der Waals surface area contributed by atoms with Crippen LogP contribution in [0.15, 0.2) is 12.4 Å². The Morgan fingerprint density at radius 3 is 2.53 bits per heavy atom. The number of carbonyl (C=O) groups excluding carboxylic acids is 1. The predicted octanol–water partition coefficient (Wildman–Crippen LogP) is 0.498. The zero-order valence-corrected chi connectivity index (χ0v) is 8.76. The second-order valence-corrected chi connectivity index (χ2v) is 3.14. The van der Waals surface area contributed by atoms with E-state index in [1.54, 1.807) is 0 Å². The highest BCUT2D eigenvalue weighted by Gasteiger charge is 2.07. The molecular formula is C10H15N3O2. The van der Waals surface area contributed by atoms with Gasteiger partial charge >= 0.3 is 0 Å². The standard InChI is InChI=1S/C10H15N3O2/c1-2-3-13(4-5-14)10-11-6-9(8-15)7-12-10/h6-8,14H,2-5H2,1H3. The van der Waals surface area contributed by atoms with Crippen LogP contribution in [0.3, 0.4) is 0 Å². The van der Waals surface area contributed by atoms with Gasteiger partial charge in [0.1, 0.15) is 0 Å². The predicted molar refractivity (Wildman–Crippen MR) is 57.0 cm³/mol. The number of nitrogens with zero attached hydrogens (tertiary/aromatic N) is 3. The van der Waals surface area contributed by atoms with Crippen LogP contribution in [0.25, 0.3) is 0 Å². The summed E-state index contributed by atoms with van der Waals surface area (Å²) < 4.78 is 0. The van der Waals surface area contributed by atoms with E-state index < -0.39 is 0 Å². The van der Waals surface area contributed by atoms with Crippen molar-refractivity contribution in [2.75, 3.05) is 24.6 Å². The summed E-state index contributed by atoms with van der Waals surface area (Å²) in [4.78, 5) is 20.4. The molecule has 0 atom stereocenters. The fraction of sp³-hybridized carbons (Fsp3) is 0.500. The molecule has 1 heterocycles. The van der Waals surface area contributed by atoms with Gasteiger partial charge in [-0.05, 0) is 6.42 Å². The summed E-state index contributed by atoms with van der Waals surface area (Å²) in [5, 5.41) is 8.87. The molecule has 5 nitrogen and oxygen atoms in total. The van der Waals surface area contributed by atoms with Gasteiger partial charge in [0.15, 0.2) is 6.29 Å². The third-order valence-corrected chi connectivity index (χ3v) is 1.94. The van der Waals surface area contributed by atoms with E-state index >= 15 is 0 Å². The fourth-order valence-electron chi connectivity index (χ4n) is 1.26. The molecule has 15 heavy (non-hydrogen) atoms. The molecule has 0 saturated carbocycles. The van der Waals surface area contributed by atoms with Gasteiger partial charge in [0.05, 0.1) is 12.2 Å². The first-order chi connectivity index (χ1) is 7.31. The Hall–Kier alpha value is -1.49. The molecule has 0 saturated heterocycles. The van der Waals surface area contributed by atoms with Crippen molar-refractivity contribution in [1.82, 2.24) is 9.97 Å². The van der Waals surface area contributed by atoms with Crippen molar-refractivity contribution in [2.45, 2.75) is 13.3 Å². The topological polar surface area (TPSA) is 66.3 Å². The summed E-state index contributed by atoms with van der Waals surface area (Å²) in [5.74, 6) is 0.552. The molecule has 0 aliphatic heterocycles. The van der Waals surface area contributed by atoms with Gasteiger partial charge in [-0.2, -0.15) is 0 Å². The van der Waals surface area contributed by atoms with Gasteiger partial charge in [-0.15, -0.1) is 0 Å². The zero-order chi connectivity index (χ0) is 11.1. The van der Waals surface area contributed by atoms with Crippen molar-refractivity contribution >= 4 is 12.2 Å². The van der Waals surface area contributed by atoms with Crippen LogP contribution in [0.4, 0.5) is 5.95 Å². The van der Waals surface area contributed by atoms with Crippen LogP contribution >= 0.6 is 0 Å². The van der Waals surface area contributed by atoms with Crippen LogP contribution < -0.4 is 4.90 Å². The number of aldehydes is 1. The summed E-state index contributed by atoms with van der Waals surface area (Å²) in [6.45, 7) is 3.41. The molecule has 5 heteroatoms. The van der Waals surface area contributed by atoms with Gasteiger partial charge < -0.3 is 10.0 Å². The van der Waals surface area contributed by atoms with Crippen molar-refractivity contribution in [3.8, 4) is 0 Å². The van der Waals surface area contributed by atoms with Gasteiger partial charge in [0.25, 0.3) is 0 Å². The van der Waals surface area contributed by atoms with Crippen LogP contribution in [-0.2, 0) is 0 Å². The minimum absolute atomic E-state index is 0.0682. The van der Waals surface area contributed by atoms with Crippen LogP contribution in [-0.4, -0.2) is 41.1 Å². The van der Waals surface area contributed by atoms with E-state index in [-0.39, 0.29) is 6.61 Å². The number of hydrogen-bond acceptors (Lipinski definition) is 5. The third-order valence-electron chi connectivity index (χ3n) is 1.94. The number of aliphatic hydroxyl groups is 1. The maximum atomic E-state index is 10.4. The van der Waals surface area contributed by atoms with Gasteiger partial charge in [0, 0.05) is 25.5 Å². The van der Waals surface area contributed by atoms with E-state index in [2.05, 4.69) is 9.97 Å². The highest BCUT2D eigenvalue weighted by atomic mass is 16.3. The van der Waals surface area contributed by atoms with Crippen molar-refractivity contribution in [3.63, 3.8) is 0 Å². The number of anilines is 1. The summed E-state index contributed by atoms with van der Waals surface area (Å²) in [6, 6.07) is 0. The van der Waals surface area contributed by atoms with Crippen molar-refractivity contribution in [3.05, 3.63) is 18.0 Å². The van der Waals surface area contributed by atoms with E-state index in [9.17, 15) is 4.79 Å². The summed E-state index contributed by atoms with van der Waals surface area (Å²) >= 11 is 0. The van der Waals surface area contributed by atoms with Crippen LogP contribution in [0.1, 0.15) is 23.7 Å². The zero-order valence-electron chi connectivity index (χ0n) is 8.76. The van der Waals surface area contributed by atoms with Gasteiger partial charge in [-0.25, -0.2) is 9.97 Å². The first-order valence-electron chi connectivity index (χ1n) is 4.94. The molecule has 0 aliphatic rings. The molecule has 1 rings (SSSR count). The minimum atomic E-state index is 0.0682. The van der Waals surface area contributed by atoms with E-state index in [0.29, 0.717) is 24.3 Å². The van der Waals surface area contributed by atoms with Gasteiger partial charge in [-0.3, -0.25) is 4.79 Å². The smallest absolute Gasteiger partial charge is 0.225 e. The lowest BCUT2D eigenvalue weighted by atomic mass is 10.4. The first-order valence-corrected chi connectivity index (χ1v) is 4.94. The van der Waals surface area contributed by atoms with Gasteiger partial charge in [-0.1, -0.05) is 6.92 Å². The first kappa shape index (κ1) is 11.6. The molecule has 0 aromatic carbocycles. The molecule has 0 amide bonds. The minimum Gasteiger partial charge on any atom is -0.395 e. The Balaban J connectivity index is 2.76. The maximum Gasteiger partial charge on any atom is 0.225 e. The third kappa shape index (κ3) is 3.28. The molecule has 1 aromatic rings. The monoisotopic (exact) mass is 209 g/mol. The molecule has 1 aromatic heterocycles. The lowest BCUT2D eigenvalue weighted by Gasteiger charge is -2.20. The van der Waals surface area contributed by atoms with E-state index in [1.165, 1.54) is 12.4 Å². The summed E-state index contributed by atoms with van der Waals surface area (Å²) in [5.41, 5.74) is 0.458. The Kier molecular flexibility index (Phi) is 4.70. The normalized spacial score (nSPS) is 10.0. The van der Waals surface area contributed by atoms with E-state index in [4.69, 9.17) is 5.11 Å². The Bertz CT molecular complexity index is 294. The lowest BCUT2D eigenvalue weighted by Crippen LogP contribution is -2.29. The van der Waals surface area contributed by atoms with Crippen molar-refractivity contribution < 1.29 is 9.90 Å². The maximum absolute atomic E-state index is 10.4. The Morgan fingerprint density at radius 1 is 1.40 bits per heavy atom. The van der Waals surface area contributed by atoms with E-state index in [1.807, 2.05) is 11.8 Å². The number of aromatic nitrogens is 2. The molecular weight excluding hydrogens is 194 g/mol. The molecule has 0 spiro atoms. The number of hydrogen-bond donors (Lipinski definition) is 1. The van der Waals surface area contributed by atoms with Crippen molar-refractivity contribution in [1.29, 1.82) is 0 Å². The average molecular weight is 209 g/mol. The quantitative estimate of drug-likeness (QED) is 0.691. The summed E-state index contributed by atoms with van der Waals surface area (Å²) in [7, 11) is 0. The molecule has 82 valence electrons. The molecule has 0 aliphatic carbocycles. The molecule has 0 fully saturated rings. The fourth-order valence-corrected chi connectivity index (χ4v) is 1.26. The molecule has 0 unspecified atom stereocenters.